The number of hydrogen-bond acceptors (Lipinski definition) is 10. The summed E-state index contributed by atoms with van der Waals surface area (Å²) < 4.78 is 26.9. The van der Waals surface area contributed by atoms with E-state index >= 15 is 0 Å². The highest BCUT2D eigenvalue weighted by Crippen LogP contribution is 2.75. The van der Waals surface area contributed by atoms with Crippen LogP contribution in [0.3, 0.4) is 0 Å². The molecule has 0 amide bonds. The second-order valence-electron chi connectivity index (χ2n) is 12.5. The molecule has 8 atom stereocenters. The summed E-state index contributed by atoms with van der Waals surface area (Å²) in [7, 11) is -2.32. The Morgan fingerprint density at radius 2 is 2.16 bits per heavy atom. The molecule has 214 valence electrons. The molecule has 3 fully saturated rings. The van der Waals surface area contributed by atoms with Crippen LogP contribution in [0.1, 0.15) is 60.1 Å². The Bertz CT molecular complexity index is 1180. The van der Waals surface area contributed by atoms with Crippen LogP contribution in [0.25, 0.3) is 0 Å². The summed E-state index contributed by atoms with van der Waals surface area (Å²) >= 11 is 7.60. The molecule has 0 aromatic carbocycles. The van der Waals surface area contributed by atoms with Crippen LogP contribution in [0.5, 0.6) is 0 Å². The van der Waals surface area contributed by atoms with Gasteiger partial charge in [-0.15, -0.1) is 0 Å². The molecule has 1 aromatic heterocycles. The van der Waals surface area contributed by atoms with Crippen LogP contribution in [0, 0.1) is 5.92 Å². The molecule has 0 spiro atoms. The number of aliphatic hydroxyl groups is 1. The van der Waals surface area contributed by atoms with E-state index in [-0.39, 0.29) is 28.3 Å². The Hall–Kier alpha value is -0.563. The van der Waals surface area contributed by atoms with Crippen molar-refractivity contribution < 1.29 is 23.3 Å². The van der Waals surface area contributed by atoms with Crippen molar-refractivity contribution in [3.05, 3.63) is 34.9 Å². The van der Waals surface area contributed by atoms with Gasteiger partial charge in [0.15, 0.2) is 14.5 Å². The first-order chi connectivity index (χ1) is 17.4. The lowest BCUT2D eigenvalue weighted by atomic mass is 9.77. The summed E-state index contributed by atoms with van der Waals surface area (Å²) in [6, 6.07) is 1.50. The molecule has 0 bridgehead atoms. The number of aromatic nitrogens is 2. The molecule has 1 unspecified atom stereocenters. The summed E-state index contributed by atoms with van der Waals surface area (Å²) in [4.78, 5) is 16.4. The van der Waals surface area contributed by atoms with Gasteiger partial charge >= 0.3 is 5.69 Å². The molecule has 1 aromatic rings. The van der Waals surface area contributed by atoms with Gasteiger partial charge in [-0.25, -0.2) is 4.79 Å². The molecular formula is C25H42N3O6PS2Si. The lowest BCUT2D eigenvalue weighted by molar-refractivity contribution is -0.0516. The van der Waals surface area contributed by atoms with Crippen LogP contribution in [0.15, 0.2) is 29.2 Å². The van der Waals surface area contributed by atoms with Crippen molar-refractivity contribution in [2.75, 3.05) is 12.3 Å². The third-order valence-corrected chi connectivity index (χ3v) is 18.8. The van der Waals surface area contributed by atoms with Gasteiger partial charge in [0.1, 0.15) is 24.1 Å². The van der Waals surface area contributed by atoms with Crippen LogP contribution in [0.2, 0.25) is 18.1 Å². The third kappa shape index (κ3) is 6.04. The second kappa shape index (κ2) is 10.7. The van der Waals surface area contributed by atoms with Crippen molar-refractivity contribution in [3.63, 3.8) is 0 Å². The summed E-state index contributed by atoms with van der Waals surface area (Å²) in [5.41, 5.74) is 3.57. The van der Waals surface area contributed by atoms with Crippen molar-refractivity contribution in [2.45, 2.75) is 107 Å². The minimum absolute atomic E-state index is 0.00956. The van der Waals surface area contributed by atoms with Gasteiger partial charge in [0.05, 0.1) is 12.7 Å². The van der Waals surface area contributed by atoms with Gasteiger partial charge in [0.25, 0.3) is 0 Å². The Morgan fingerprint density at radius 3 is 2.76 bits per heavy atom. The Morgan fingerprint density at radius 1 is 1.47 bits per heavy atom. The number of hydrogen-bond donors (Lipinski definition) is 2. The molecule has 0 radical (unpaired) electrons. The SMILES string of the molecule is C=C(C)[C@H]1CC[C@@]2(C)SP(=S)(OC[C@H]3O[C@@H](n4ccc(N)nc4=O)[C@H](O)[C@@H]3O[Si](C)(C)C(C)(C)C)O[C@@H]2C1. The molecule has 2 saturated heterocycles. The predicted molar refractivity (Wildman–Crippen MR) is 158 cm³/mol. The summed E-state index contributed by atoms with van der Waals surface area (Å²) in [6.07, 6.45) is 0.961. The Kier molecular flexibility index (Phi) is 8.55. The van der Waals surface area contributed by atoms with Crippen LogP contribution < -0.4 is 11.4 Å². The molecular weight excluding hydrogens is 561 g/mol. The molecule has 2 aliphatic heterocycles. The first-order valence-corrected chi connectivity index (χ1v) is 20.1. The number of fused-ring (bicyclic) bond motifs is 1. The maximum Gasteiger partial charge on any atom is 0.351 e. The van der Waals surface area contributed by atoms with Gasteiger partial charge in [-0.3, -0.25) is 4.57 Å². The number of nitrogen functional groups attached to an aromatic ring is 1. The van der Waals surface area contributed by atoms with Crippen molar-refractivity contribution in [3.8, 4) is 0 Å². The van der Waals surface area contributed by atoms with E-state index in [2.05, 4.69) is 59.3 Å². The van der Waals surface area contributed by atoms with Crippen molar-refractivity contribution >= 4 is 43.0 Å². The number of rotatable bonds is 7. The lowest BCUT2D eigenvalue weighted by Gasteiger charge is -2.40. The first kappa shape index (κ1) is 30.4. The highest BCUT2D eigenvalue weighted by molar-refractivity contribution is 8.68. The molecule has 4 rings (SSSR count). The van der Waals surface area contributed by atoms with Gasteiger partial charge in [0.2, 0.25) is 5.69 Å². The molecule has 3 heterocycles. The van der Waals surface area contributed by atoms with Gasteiger partial charge in [-0.05, 0) is 75.0 Å². The first-order valence-electron chi connectivity index (χ1n) is 13.1. The van der Waals surface area contributed by atoms with Gasteiger partial charge in [0, 0.05) is 10.9 Å². The number of ether oxygens (including phenoxy) is 1. The summed E-state index contributed by atoms with van der Waals surface area (Å²) in [5.74, 6) is 0.531. The molecule has 3 N–H and O–H groups in total. The zero-order valence-electron chi connectivity index (χ0n) is 23.4. The largest absolute Gasteiger partial charge is 0.408 e. The highest BCUT2D eigenvalue weighted by Gasteiger charge is 2.55. The second-order valence-corrected chi connectivity index (χ2v) is 23.9. The number of allylic oxidation sites excluding steroid dienone is 1. The van der Waals surface area contributed by atoms with Crippen molar-refractivity contribution in [1.82, 2.24) is 9.55 Å². The summed E-state index contributed by atoms with van der Waals surface area (Å²) in [6.45, 7) is 19.1. The zero-order chi connectivity index (χ0) is 28.3. The smallest absolute Gasteiger partial charge is 0.351 e. The van der Waals surface area contributed by atoms with Gasteiger partial charge < -0.3 is 29.1 Å². The number of anilines is 1. The van der Waals surface area contributed by atoms with Gasteiger partial charge in [-0.1, -0.05) is 44.3 Å². The monoisotopic (exact) mass is 603 g/mol. The molecule has 38 heavy (non-hydrogen) atoms. The molecule has 13 heteroatoms. The summed E-state index contributed by atoms with van der Waals surface area (Å²) in [5, 5.41) is 11.3. The lowest BCUT2D eigenvalue weighted by Crippen LogP contribution is -2.50. The Labute approximate surface area is 235 Å². The van der Waals surface area contributed by atoms with E-state index in [4.69, 9.17) is 35.8 Å². The fourth-order valence-corrected chi connectivity index (χ4v) is 13.4. The van der Waals surface area contributed by atoms with Crippen molar-refractivity contribution in [1.29, 1.82) is 0 Å². The third-order valence-electron chi connectivity index (χ3n) is 8.51. The molecule has 1 saturated carbocycles. The maximum atomic E-state index is 12.6. The van der Waals surface area contributed by atoms with E-state index in [9.17, 15) is 9.90 Å². The average molecular weight is 604 g/mol. The standard InChI is InChI=1S/C25H42N3O6PS2Si/c1-15(2)16-9-11-25(6)18(13-16)33-35(36,37-25)31-14-17-21(34-38(7,8)24(3,4)5)20(29)22(32-17)28-12-10-19(26)27-23(28)30/h10,12,16-18,20-22,29H,1,9,11,13-14H2,2-8H3,(H2,26,27,30)/t16-,17+,18+,20+,21+,22+,25+,35?/m0/s1. The van der Waals surface area contributed by atoms with E-state index < -0.39 is 44.2 Å². The van der Waals surface area contributed by atoms with Crippen LogP contribution in [-0.2, 0) is 30.0 Å². The fraction of sp³-hybridized carbons (Fsp3) is 0.760. The number of nitrogens with two attached hydrogens (primary N) is 1. The highest BCUT2D eigenvalue weighted by atomic mass is 32.9. The number of aliphatic hydroxyl groups excluding tert-OH is 1. The quantitative estimate of drug-likeness (QED) is 0.251. The topological polar surface area (TPSA) is 118 Å². The average Bonchev–Trinajstić information content (AvgIpc) is 3.23. The number of nitrogens with zero attached hydrogens (tertiary/aromatic N) is 2. The van der Waals surface area contributed by atoms with Crippen molar-refractivity contribution in [2.24, 2.45) is 5.92 Å². The van der Waals surface area contributed by atoms with Crippen LogP contribution in [0.4, 0.5) is 5.82 Å². The van der Waals surface area contributed by atoms with E-state index in [0.29, 0.717) is 5.92 Å². The van der Waals surface area contributed by atoms with Crippen LogP contribution in [-0.4, -0.2) is 58.7 Å². The minimum Gasteiger partial charge on any atom is -0.408 e. The minimum atomic E-state index is -2.67. The fourth-order valence-electron chi connectivity index (χ4n) is 4.97. The maximum absolute atomic E-state index is 12.6. The normalized spacial score (nSPS) is 37.8. The van der Waals surface area contributed by atoms with E-state index in [1.54, 1.807) is 11.4 Å². The van der Waals surface area contributed by atoms with E-state index in [1.165, 1.54) is 22.4 Å². The molecule has 1 aliphatic carbocycles. The Balaban J connectivity index is 1.55. The molecule has 9 nitrogen and oxygen atoms in total. The van der Waals surface area contributed by atoms with E-state index in [1.807, 2.05) is 0 Å². The van der Waals surface area contributed by atoms with E-state index in [0.717, 1.165) is 19.3 Å². The molecule has 3 aliphatic rings. The van der Waals surface area contributed by atoms with Crippen LogP contribution >= 0.6 is 17.1 Å². The zero-order valence-corrected chi connectivity index (χ0v) is 26.9. The van der Waals surface area contributed by atoms with Gasteiger partial charge in [-0.2, -0.15) is 4.98 Å². The predicted octanol–water partition coefficient (Wildman–Crippen LogP) is 4.98.